The summed E-state index contributed by atoms with van der Waals surface area (Å²) in [6, 6.07) is 9.95. The Kier molecular flexibility index (Phi) is 5.43. The molecule has 1 N–H and O–H groups in total. The molecule has 0 spiro atoms. The minimum absolute atomic E-state index is 0.0213. The topological polar surface area (TPSA) is 92.8 Å². The molecule has 150 valence electrons. The number of aliphatic hydroxyl groups is 1. The van der Waals surface area contributed by atoms with Crippen LogP contribution >= 0.6 is 0 Å². The molecule has 2 aromatic rings. The van der Waals surface area contributed by atoms with Gasteiger partial charge >= 0.3 is 0 Å². The Hall–Kier alpha value is -3.02. The first kappa shape index (κ1) is 19.3. The lowest BCUT2D eigenvalue weighted by molar-refractivity contribution is -0.115. The highest BCUT2D eigenvalue weighted by molar-refractivity contribution is 6.24. The molecule has 1 aromatic carbocycles. The zero-order chi connectivity index (χ0) is 20.4. The predicted molar refractivity (Wildman–Crippen MR) is 109 cm³/mol. The van der Waals surface area contributed by atoms with E-state index in [1.165, 1.54) is 0 Å². The molecule has 2 aliphatic rings. The van der Waals surface area contributed by atoms with Gasteiger partial charge in [-0.15, -0.1) is 0 Å². The quantitative estimate of drug-likeness (QED) is 0.623. The number of rotatable bonds is 4. The zero-order valence-corrected chi connectivity index (χ0v) is 16.5. The molecule has 6 nitrogen and oxygen atoms in total. The normalized spacial score (nSPS) is 22.7. The van der Waals surface area contributed by atoms with Crippen LogP contribution in [0, 0.1) is 0 Å². The van der Waals surface area contributed by atoms with E-state index in [0.29, 0.717) is 60.4 Å². The van der Waals surface area contributed by atoms with Crippen LogP contribution in [0.15, 0.2) is 51.2 Å². The Balaban J connectivity index is 1.52. The molecule has 6 heteroatoms. The molecular weight excluding hydrogens is 368 g/mol. The fourth-order valence-electron chi connectivity index (χ4n) is 4.31. The Morgan fingerprint density at radius 1 is 1.17 bits per heavy atom. The van der Waals surface area contributed by atoms with Gasteiger partial charge in [0.2, 0.25) is 0 Å². The molecule has 29 heavy (non-hydrogen) atoms. The van der Waals surface area contributed by atoms with Gasteiger partial charge in [-0.25, -0.2) is 0 Å². The Bertz CT molecular complexity index is 1000. The number of allylic oxidation sites excluding steroid dienone is 2. The van der Waals surface area contributed by atoms with Gasteiger partial charge in [0.05, 0.1) is 16.8 Å². The summed E-state index contributed by atoms with van der Waals surface area (Å²) < 4.78 is 5.49. The van der Waals surface area contributed by atoms with Crippen molar-refractivity contribution in [2.24, 2.45) is 4.99 Å². The first-order valence-corrected chi connectivity index (χ1v) is 10.1. The first-order valence-electron chi connectivity index (χ1n) is 10.1. The summed E-state index contributed by atoms with van der Waals surface area (Å²) in [4.78, 5) is 29.2. The molecule has 0 radical (unpaired) electrons. The summed E-state index contributed by atoms with van der Waals surface area (Å²) in [5.41, 5.74) is 3.22. The molecule has 1 fully saturated rings. The summed E-state index contributed by atoms with van der Waals surface area (Å²) in [5, 5.41) is 14.6. The lowest BCUT2D eigenvalue weighted by Gasteiger charge is -2.20. The molecule has 2 aliphatic carbocycles. The van der Waals surface area contributed by atoms with Crippen LogP contribution in [0.1, 0.15) is 65.4 Å². The maximum Gasteiger partial charge on any atom is 0.168 e. The van der Waals surface area contributed by atoms with Crippen LogP contribution in [0.25, 0.3) is 0 Å². The average molecular weight is 392 g/mol. The minimum Gasteiger partial charge on any atom is -0.511 e. The van der Waals surface area contributed by atoms with E-state index >= 15 is 0 Å². The number of aromatic nitrogens is 1. The van der Waals surface area contributed by atoms with Crippen molar-refractivity contribution < 1.29 is 19.2 Å². The molecule has 0 aliphatic heterocycles. The van der Waals surface area contributed by atoms with Gasteiger partial charge in [-0.1, -0.05) is 35.5 Å². The number of ketones is 2. The summed E-state index contributed by atoms with van der Waals surface area (Å²) >= 11 is 0. The van der Waals surface area contributed by atoms with Crippen molar-refractivity contribution in [2.75, 3.05) is 7.05 Å². The molecule has 4 rings (SSSR count). The van der Waals surface area contributed by atoms with Crippen molar-refractivity contribution in [2.45, 2.75) is 50.9 Å². The van der Waals surface area contributed by atoms with E-state index in [2.05, 4.69) is 10.1 Å². The van der Waals surface area contributed by atoms with Gasteiger partial charge in [0.15, 0.2) is 11.6 Å². The van der Waals surface area contributed by atoms with Crippen LogP contribution in [0.5, 0.6) is 0 Å². The molecule has 1 heterocycles. The minimum atomic E-state index is -0.0710. The fraction of sp³-hybridized carbons (Fsp3) is 0.391. The van der Waals surface area contributed by atoms with Crippen LogP contribution in [0.4, 0.5) is 0 Å². The predicted octanol–water partition coefficient (Wildman–Crippen LogP) is 4.16. The number of fused-ring (bicyclic) bond motifs is 1. The second-order valence-electron chi connectivity index (χ2n) is 7.64. The number of carbonyl (C=O) groups is 2. The maximum absolute atomic E-state index is 12.8. The third-order valence-corrected chi connectivity index (χ3v) is 5.79. The number of aryl methyl sites for hydroxylation is 1. The van der Waals surface area contributed by atoms with E-state index in [0.717, 1.165) is 12.0 Å². The number of Topliss-reactive ketones (excluding diaryl/α,β-unsaturated/α-hetero) is 2. The summed E-state index contributed by atoms with van der Waals surface area (Å²) in [5.74, 6) is 0.682. The standard InChI is InChI=1S/C23H24N2O4/c1-24-16-8-5-9-18(26)22(16)19(27)11-10-17-23-20(28)12-15(13-21(23)29-25-17)14-6-3-2-4-7-14/h2-4,6-7,15,27H,5,8-13H2,1H3. The van der Waals surface area contributed by atoms with Crippen molar-refractivity contribution in [3.8, 4) is 0 Å². The highest BCUT2D eigenvalue weighted by atomic mass is 16.5. The SMILES string of the molecule is CN=C1CCCC(=O)C1=C(O)CCc1noc2c1C(=O)CC(c1ccccc1)C2. The van der Waals surface area contributed by atoms with Gasteiger partial charge in [-0.3, -0.25) is 14.6 Å². The van der Waals surface area contributed by atoms with E-state index in [4.69, 9.17) is 4.52 Å². The first-order chi connectivity index (χ1) is 14.1. The van der Waals surface area contributed by atoms with Crippen LogP contribution in [0.2, 0.25) is 0 Å². The van der Waals surface area contributed by atoms with E-state index in [9.17, 15) is 14.7 Å². The van der Waals surface area contributed by atoms with Crippen LogP contribution < -0.4 is 0 Å². The molecule has 1 saturated carbocycles. The number of carbonyl (C=O) groups excluding carboxylic acids is 2. The van der Waals surface area contributed by atoms with Crippen molar-refractivity contribution in [1.29, 1.82) is 0 Å². The number of hydrogen-bond donors (Lipinski definition) is 1. The summed E-state index contributed by atoms with van der Waals surface area (Å²) in [6.45, 7) is 0. The molecule has 0 saturated heterocycles. The van der Waals surface area contributed by atoms with Crippen molar-refractivity contribution in [3.63, 3.8) is 0 Å². The second-order valence-corrected chi connectivity index (χ2v) is 7.64. The molecule has 1 atom stereocenters. The van der Waals surface area contributed by atoms with Gasteiger partial charge in [0, 0.05) is 44.9 Å². The van der Waals surface area contributed by atoms with Gasteiger partial charge in [0.25, 0.3) is 0 Å². The number of aliphatic hydroxyl groups excluding tert-OH is 1. The van der Waals surface area contributed by atoms with Gasteiger partial charge in [-0.2, -0.15) is 0 Å². The lowest BCUT2D eigenvalue weighted by Crippen LogP contribution is -2.21. The Labute approximate surface area is 169 Å². The van der Waals surface area contributed by atoms with Crippen LogP contribution in [-0.4, -0.2) is 34.6 Å². The van der Waals surface area contributed by atoms with Crippen LogP contribution in [0.3, 0.4) is 0 Å². The Morgan fingerprint density at radius 3 is 2.72 bits per heavy atom. The van der Waals surface area contributed by atoms with E-state index < -0.39 is 0 Å². The van der Waals surface area contributed by atoms with E-state index in [-0.39, 0.29) is 29.7 Å². The summed E-state index contributed by atoms with van der Waals surface area (Å²) in [6.07, 6.45) is 3.52. The molecule has 0 amide bonds. The number of aliphatic imine (C=N–C) groups is 1. The monoisotopic (exact) mass is 392 g/mol. The number of benzene rings is 1. The third kappa shape index (κ3) is 3.79. The number of nitrogens with zero attached hydrogens (tertiary/aromatic N) is 2. The summed E-state index contributed by atoms with van der Waals surface area (Å²) in [7, 11) is 1.64. The van der Waals surface area contributed by atoms with Crippen molar-refractivity contribution in [1.82, 2.24) is 5.16 Å². The number of hydrogen-bond acceptors (Lipinski definition) is 6. The smallest absolute Gasteiger partial charge is 0.168 e. The highest BCUT2D eigenvalue weighted by Crippen LogP contribution is 2.34. The largest absolute Gasteiger partial charge is 0.511 e. The average Bonchev–Trinajstić information content (AvgIpc) is 3.16. The second kappa shape index (κ2) is 8.15. The van der Waals surface area contributed by atoms with E-state index in [1.54, 1.807) is 7.05 Å². The molecule has 1 unspecified atom stereocenters. The molecule has 0 bridgehead atoms. The van der Waals surface area contributed by atoms with Crippen LogP contribution in [-0.2, 0) is 17.6 Å². The third-order valence-electron chi connectivity index (χ3n) is 5.79. The zero-order valence-electron chi connectivity index (χ0n) is 16.5. The highest BCUT2D eigenvalue weighted by Gasteiger charge is 2.33. The maximum atomic E-state index is 12.8. The van der Waals surface area contributed by atoms with Gasteiger partial charge < -0.3 is 9.63 Å². The van der Waals surface area contributed by atoms with E-state index in [1.807, 2.05) is 30.3 Å². The molecule has 1 aromatic heterocycles. The lowest BCUT2D eigenvalue weighted by atomic mass is 9.81. The Morgan fingerprint density at radius 2 is 1.97 bits per heavy atom. The van der Waals surface area contributed by atoms with Crippen molar-refractivity contribution in [3.05, 3.63) is 64.2 Å². The molecular formula is C23H24N2O4. The van der Waals surface area contributed by atoms with Gasteiger partial charge in [-0.05, 0) is 24.3 Å². The van der Waals surface area contributed by atoms with Crippen molar-refractivity contribution >= 4 is 17.3 Å². The van der Waals surface area contributed by atoms with Gasteiger partial charge in [0.1, 0.15) is 11.5 Å². The fourth-order valence-corrected chi connectivity index (χ4v) is 4.31.